The first-order chi connectivity index (χ1) is 17.8. The highest BCUT2D eigenvalue weighted by Gasteiger charge is 2.37. The van der Waals surface area contributed by atoms with Crippen LogP contribution in [-0.2, 0) is 23.6 Å². The predicted molar refractivity (Wildman–Crippen MR) is 125 cm³/mol. The van der Waals surface area contributed by atoms with Crippen LogP contribution in [0.5, 0.6) is 0 Å². The maximum Gasteiger partial charge on any atom is 0.416 e. The van der Waals surface area contributed by atoms with Crippen LogP contribution in [0.2, 0.25) is 0 Å². The molecule has 208 valence electrons. The maximum absolute atomic E-state index is 13.6. The van der Waals surface area contributed by atoms with Crippen LogP contribution in [0.1, 0.15) is 66.7 Å². The van der Waals surface area contributed by atoms with Crippen LogP contribution >= 0.6 is 0 Å². The van der Waals surface area contributed by atoms with E-state index in [0.29, 0.717) is 24.1 Å². The largest absolute Gasteiger partial charge is 0.416 e. The number of benzene rings is 2. The highest BCUT2D eigenvalue weighted by atomic mass is 19.4. The smallest absolute Gasteiger partial charge is 0.376 e. The molecule has 0 spiro atoms. The van der Waals surface area contributed by atoms with E-state index in [1.165, 1.54) is 31.2 Å². The van der Waals surface area contributed by atoms with Gasteiger partial charge in [-0.05, 0) is 60.2 Å². The lowest BCUT2D eigenvalue weighted by atomic mass is 9.88. The van der Waals surface area contributed by atoms with Crippen molar-refractivity contribution in [2.24, 2.45) is 0 Å². The van der Waals surface area contributed by atoms with Gasteiger partial charge in [0.25, 0.3) is 0 Å². The zero-order valence-corrected chi connectivity index (χ0v) is 20.5. The number of nitrogens with zero attached hydrogens (tertiary/aromatic N) is 1. The van der Waals surface area contributed by atoms with E-state index < -0.39 is 53.1 Å². The SMILES string of the molecule is CCCOC(C[C@H](C)c1cc(C(F)(F)F)cc(C(F)(F)F)c1)[C@H](NCc1n[nH]c(=O)[nH]1)c1ccc(F)cc1. The van der Waals surface area contributed by atoms with Crippen LogP contribution in [0.25, 0.3) is 0 Å². The first-order valence-corrected chi connectivity index (χ1v) is 11.8. The lowest BCUT2D eigenvalue weighted by Gasteiger charge is -2.31. The number of ether oxygens (including phenoxy) is 1. The highest BCUT2D eigenvalue weighted by molar-refractivity contribution is 5.35. The van der Waals surface area contributed by atoms with Gasteiger partial charge < -0.3 is 10.1 Å². The van der Waals surface area contributed by atoms with Gasteiger partial charge in [-0.1, -0.05) is 26.0 Å². The number of hydrogen-bond donors (Lipinski definition) is 3. The fourth-order valence-electron chi connectivity index (χ4n) is 4.05. The van der Waals surface area contributed by atoms with Gasteiger partial charge in [0.05, 0.1) is 29.8 Å². The normalized spacial score (nSPS) is 14.9. The fraction of sp³-hybridized carbons (Fsp3) is 0.440. The molecule has 0 fully saturated rings. The molecule has 3 rings (SSSR count). The fourth-order valence-corrected chi connectivity index (χ4v) is 4.05. The first-order valence-electron chi connectivity index (χ1n) is 11.8. The molecule has 1 unspecified atom stereocenters. The molecule has 0 saturated carbocycles. The van der Waals surface area contributed by atoms with E-state index in [2.05, 4.69) is 20.5 Å². The van der Waals surface area contributed by atoms with E-state index in [1.54, 1.807) is 0 Å². The molecule has 38 heavy (non-hydrogen) atoms. The van der Waals surface area contributed by atoms with Gasteiger partial charge in [-0.3, -0.25) is 4.98 Å². The van der Waals surface area contributed by atoms with Crippen LogP contribution in [-0.4, -0.2) is 27.9 Å². The van der Waals surface area contributed by atoms with Crippen LogP contribution in [0.3, 0.4) is 0 Å². The molecule has 3 aromatic rings. The molecule has 0 aliphatic rings. The molecule has 0 aliphatic carbocycles. The minimum atomic E-state index is -4.97. The number of aromatic amines is 2. The van der Waals surface area contributed by atoms with Crippen molar-refractivity contribution >= 4 is 0 Å². The average Bonchev–Trinajstić information content (AvgIpc) is 3.26. The zero-order valence-electron chi connectivity index (χ0n) is 20.5. The van der Waals surface area contributed by atoms with Gasteiger partial charge >= 0.3 is 18.0 Å². The molecule has 0 saturated heterocycles. The van der Waals surface area contributed by atoms with E-state index in [1.807, 2.05) is 6.92 Å². The summed E-state index contributed by atoms with van der Waals surface area (Å²) in [7, 11) is 0. The zero-order chi connectivity index (χ0) is 28.1. The van der Waals surface area contributed by atoms with Gasteiger partial charge in [0.15, 0.2) is 0 Å². The van der Waals surface area contributed by atoms with Crippen molar-refractivity contribution in [2.75, 3.05) is 6.61 Å². The van der Waals surface area contributed by atoms with E-state index >= 15 is 0 Å². The molecule has 1 heterocycles. The molecule has 0 aliphatic heterocycles. The maximum atomic E-state index is 13.6. The van der Waals surface area contributed by atoms with E-state index in [0.717, 1.165) is 0 Å². The third-order valence-electron chi connectivity index (χ3n) is 5.94. The molecule has 3 N–H and O–H groups in total. The second kappa shape index (κ2) is 12.1. The number of rotatable bonds is 11. The molecule has 2 aromatic carbocycles. The number of hydrogen-bond acceptors (Lipinski definition) is 4. The Morgan fingerprint density at radius 3 is 2.08 bits per heavy atom. The van der Waals surface area contributed by atoms with E-state index in [9.17, 15) is 35.5 Å². The van der Waals surface area contributed by atoms with Crippen LogP contribution in [0, 0.1) is 5.82 Å². The van der Waals surface area contributed by atoms with Crippen molar-refractivity contribution in [2.45, 2.75) is 63.7 Å². The summed E-state index contributed by atoms with van der Waals surface area (Å²) in [4.78, 5) is 13.9. The Bertz CT molecular complexity index is 1200. The van der Waals surface area contributed by atoms with Gasteiger partial charge in [0.1, 0.15) is 11.6 Å². The number of alkyl halides is 6. The summed E-state index contributed by atoms with van der Waals surface area (Å²) in [5.41, 5.74) is -2.89. The lowest BCUT2D eigenvalue weighted by molar-refractivity contribution is -0.143. The molecular formula is C25H27F7N4O2. The highest BCUT2D eigenvalue weighted by Crippen LogP contribution is 2.39. The molecule has 0 bridgehead atoms. The van der Waals surface area contributed by atoms with Crippen LogP contribution in [0.4, 0.5) is 30.7 Å². The number of H-pyrrole nitrogens is 2. The summed E-state index contributed by atoms with van der Waals surface area (Å²) in [6, 6.07) is 6.30. The van der Waals surface area contributed by atoms with Gasteiger partial charge in [-0.15, -0.1) is 0 Å². The van der Waals surface area contributed by atoms with Crippen LogP contribution < -0.4 is 11.0 Å². The summed E-state index contributed by atoms with van der Waals surface area (Å²) in [5, 5.41) is 9.21. The van der Waals surface area contributed by atoms with E-state index in [4.69, 9.17) is 4.74 Å². The molecular weight excluding hydrogens is 521 g/mol. The van der Waals surface area contributed by atoms with Crippen LogP contribution in [0.15, 0.2) is 47.3 Å². The quantitative estimate of drug-likeness (QED) is 0.253. The average molecular weight is 549 g/mol. The van der Waals surface area contributed by atoms with E-state index in [-0.39, 0.29) is 37.0 Å². The number of aromatic nitrogens is 3. The second-order valence-corrected chi connectivity index (χ2v) is 8.92. The molecule has 0 radical (unpaired) electrons. The van der Waals surface area contributed by atoms with Gasteiger partial charge in [0.2, 0.25) is 0 Å². The van der Waals surface area contributed by atoms with Crippen molar-refractivity contribution in [1.82, 2.24) is 20.5 Å². The molecule has 1 aromatic heterocycles. The van der Waals surface area contributed by atoms with Gasteiger partial charge in [0, 0.05) is 6.61 Å². The third-order valence-corrected chi connectivity index (χ3v) is 5.94. The number of halogens is 7. The molecule has 3 atom stereocenters. The third kappa shape index (κ3) is 7.90. The Labute approximate surface area is 213 Å². The Balaban J connectivity index is 1.97. The summed E-state index contributed by atoms with van der Waals surface area (Å²) in [6.07, 6.45) is -10.1. The summed E-state index contributed by atoms with van der Waals surface area (Å²) < 4.78 is 100. The topological polar surface area (TPSA) is 82.8 Å². The first kappa shape index (κ1) is 29.4. The Morgan fingerprint density at radius 2 is 1.58 bits per heavy atom. The van der Waals surface area contributed by atoms with Crippen molar-refractivity contribution < 1.29 is 35.5 Å². The monoisotopic (exact) mass is 548 g/mol. The Morgan fingerprint density at radius 1 is 0.974 bits per heavy atom. The number of nitrogens with one attached hydrogen (secondary N) is 3. The molecule has 6 nitrogen and oxygen atoms in total. The summed E-state index contributed by atoms with van der Waals surface area (Å²) in [6.45, 7) is 3.66. The van der Waals surface area contributed by atoms with Crippen molar-refractivity contribution in [3.63, 3.8) is 0 Å². The minimum Gasteiger partial charge on any atom is -0.376 e. The van der Waals surface area contributed by atoms with Crippen molar-refractivity contribution in [1.29, 1.82) is 0 Å². The van der Waals surface area contributed by atoms with Crippen molar-refractivity contribution in [3.8, 4) is 0 Å². The Kier molecular flexibility index (Phi) is 9.36. The molecule has 13 heteroatoms. The second-order valence-electron chi connectivity index (χ2n) is 8.92. The minimum absolute atomic E-state index is 0.0325. The van der Waals surface area contributed by atoms with Crippen molar-refractivity contribution in [3.05, 3.63) is 86.8 Å². The Hall–Kier alpha value is -3.19. The summed E-state index contributed by atoms with van der Waals surface area (Å²) >= 11 is 0. The predicted octanol–water partition coefficient (Wildman–Crippen LogP) is 6.09. The van der Waals surface area contributed by atoms with Gasteiger partial charge in [-0.2, -0.15) is 31.4 Å². The standard InChI is InChI=1S/C25H27F7N4O2/c1-3-8-38-20(9-14(2)16-10-17(24(27,28)29)12-18(11-16)25(30,31)32)22(15-4-6-19(26)7-5-15)33-13-21-34-23(37)36-35-21/h4-7,10-12,14,20,22,33H,3,8-9,13H2,1-2H3,(H2,34,35,36,37)/t14-,20?,22+/m0/s1. The molecule has 0 amide bonds. The van der Waals surface area contributed by atoms with Gasteiger partial charge in [-0.25, -0.2) is 14.3 Å². The lowest BCUT2D eigenvalue weighted by Crippen LogP contribution is -2.35. The summed E-state index contributed by atoms with van der Waals surface area (Å²) in [5.74, 6) is -1.01.